The lowest BCUT2D eigenvalue weighted by molar-refractivity contribution is 0.415. The Morgan fingerprint density at radius 2 is 1.84 bits per heavy atom. The third-order valence-corrected chi connectivity index (χ3v) is 2.84. The van der Waals surface area contributed by atoms with Crippen LogP contribution in [0.4, 0.5) is 0 Å². The Morgan fingerprint density at radius 1 is 1.11 bits per heavy atom. The van der Waals surface area contributed by atoms with E-state index in [0.717, 1.165) is 17.0 Å². The summed E-state index contributed by atoms with van der Waals surface area (Å²) in [4.78, 5) is 4.45. The van der Waals surface area contributed by atoms with Crippen LogP contribution in [0.2, 0.25) is 0 Å². The van der Waals surface area contributed by atoms with Crippen LogP contribution in [0.3, 0.4) is 0 Å². The molecule has 0 fully saturated rings. The summed E-state index contributed by atoms with van der Waals surface area (Å²) in [5, 5.41) is 0. The van der Waals surface area contributed by atoms with Crippen LogP contribution in [0, 0.1) is 5.92 Å². The van der Waals surface area contributed by atoms with Crippen molar-refractivity contribution in [3.63, 3.8) is 0 Å². The zero-order chi connectivity index (χ0) is 13.7. The maximum absolute atomic E-state index is 5.20. The minimum Gasteiger partial charge on any atom is -0.497 e. The molecule has 0 bridgehead atoms. The number of hydrogen-bond donors (Lipinski definition) is 0. The number of hydrogen-bond acceptors (Lipinski definition) is 2. The highest BCUT2D eigenvalue weighted by Crippen LogP contribution is 2.25. The van der Waals surface area contributed by atoms with E-state index in [1.807, 2.05) is 36.5 Å². The molecule has 1 aromatic heterocycles. The van der Waals surface area contributed by atoms with Gasteiger partial charge in [0.25, 0.3) is 0 Å². The second kappa shape index (κ2) is 6.19. The van der Waals surface area contributed by atoms with Gasteiger partial charge in [0, 0.05) is 11.8 Å². The average Bonchev–Trinajstić information content (AvgIpc) is 2.46. The average molecular weight is 253 g/mol. The molecule has 0 saturated heterocycles. The molecule has 0 unspecified atom stereocenters. The summed E-state index contributed by atoms with van der Waals surface area (Å²) >= 11 is 0. The number of ether oxygens (including phenoxy) is 1. The topological polar surface area (TPSA) is 22.1 Å². The fraction of sp³-hybridized carbons (Fsp3) is 0.235. The van der Waals surface area contributed by atoms with Crippen molar-refractivity contribution in [1.29, 1.82) is 0 Å². The minimum absolute atomic E-state index is 0.471. The van der Waals surface area contributed by atoms with E-state index < -0.39 is 0 Å². The van der Waals surface area contributed by atoms with E-state index in [2.05, 4.69) is 37.0 Å². The minimum atomic E-state index is 0.471. The number of benzene rings is 1. The number of methoxy groups -OCH3 is 1. The van der Waals surface area contributed by atoms with Gasteiger partial charge in [0.05, 0.1) is 12.8 Å². The summed E-state index contributed by atoms with van der Waals surface area (Å²) in [6.07, 6.45) is 4.07. The standard InChI is InChI=1S/C17H19NO/c1-13(2)12-16(17-6-4-5-11-18-17)14-7-9-15(19-3)10-8-14/h4-13H,1-3H3/b16-12+. The Balaban J connectivity index is 2.43. The van der Waals surface area contributed by atoms with Crippen molar-refractivity contribution in [2.24, 2.45) is 5.92 Å². The molecule has 0 spiro atoms. The van der Waals surface area contributed by atoms with Crippen LogP contribution in [0.25, 0.3) is 5.57 Å². The van der Waals surface area contributed by atoms with Crippen molar-refractivity contribution < 1.29 is 4.74 Å². The number of pyridine rings is 1. The number of allylic oxidation sites excluding steroid dienone is 1. The van der Waals surface area contributed by atoms with Gasteiger partial charge in [0.2, 0.25) is 0 Å². The molecule has 2 aromatic rings. The van der Waals surface area contributed by atoms with Gasteiger partial charge in [-0.3, -0.25) is 4.98 Å². The van der Waals surface area contributed by atoms with E-state index in [0.29, 0.717) is 5.92 Å². The summed E-state index contributed by atoms with van der Waals surface area (Å²) in [6, 6.07) is 14.1. The first-order valence-corrected chi connectivity index (χ1v) is 6.48. The van der Waals surface area contributed by atoms with Crippen molar-refractivity contribution in [1.82, 2.24) is 4.98 Å². The molecular formula is C17H19NO. The summed E-state index contributed by atoms with van der Waals surface area (Å²) in [6.45, 7) is 4.35. The first-order valence-electron chi connectivity index (χ1n) is 6.48. The smallest absolute Gasteiger partial charge is 0.118 e. The van der Waals surface area contributed by atoms with Crippen molar-refractivity contribution in [2.75, 3.05) is 7.11 Å². The zero-order valence-electron chi connectivity index (χ0n) is 11.6. The van der Waals surface area contributed by atoms with Gasteiger partial charge in [-0.25, -0.2) is 0 Å². The second-order valence-electron chi connectivity index (χ2n) is 4.77. The lowest BCUT2D eigenvalue weighted by Gasteiger charge is -2.10. The fourth-order valence-electron chi connectivity index (χ4n) is 1.96. The van der Waals surface area contributed by atoms with Gasteiger partial charge >= 0.3 is 0 Å². The molecule has 98 valence electrons. The van der Waals surface area contributed by atoms with Gasteiger partial charge in [-0.05, 0) is 35.7 Å². The number of nitrogens with zero attached hydrogens (tertiary/aromatic N) is 1. The van der Waals surface area contributed by atoms with Gasteiger partial charge in [-0.2, -0.15) is 0 Å². The van der Waals surface area contributed by atoms with Crippen molar-refractivity contribution >= 4 is 5.57 Å². The normalized spacial score (nSPS) is 11.7. The maximum Gasteiger partial charge on any atom is 0.118 e. The Morgan fingerprint density at radius 3 is 2.37 bits per heavy atom. The molecular weight excluding hydrogens is 234 g/mol. The van der Waals surface area contributed by atoms with E-state index in [-0.39, 0.29) is 0 Å². The van der Waals surface area contributed by atoms with Crippen molar-refractivity contribution in [3.05, 3.63) is 66.0 Å². The van der Waals surface area contributed by atoms with Crippen LogP contribution in [0.5, 0.6) is 5.75 Å². The lowest BCUT2D eigenvalue weighted by atomic mass is 9.98. The van der Waals surface area contributed by atoms with E-state index >= 15 is 0 Å². The number of aromatic nitrogens is 1. The molecule has 2 rings (SSSR count). The summed E-state index contributed by atoms with van der Waals surface area (Å²) < 4.78 is 5.20. The van der Waals surface area contributed by atoms with E-state index in [1.165, 1.54) is 5.57 Å². The lowest BCUT2D eigenvalue weighted by Crippen LogP contribution is -1.94. The molecule has 0 atom stereocenters. The molecule has 0 aliphatic heterocycles. The van der Waals surface area contributed by atoms with E-state index in [4.69, 9.17) is 4.74 Å². The molecule has 2 heteroatoms. The third-order valence-electron chi connectivity index (χ3n) is 2.84. The highest BCUT2D eigenvalue weighted by Gasteiger charge is 2.07. The second-order valence-corrected chi connectivity index (χ2v) is 4.77. The van der Waals surface area contributed by atoms with Crippen LogP contribution in [0.15, 0.2) is 54.7 Å². The van der Waals surface area contributed by atoms with Gasteiger partial charge in [-0.15, -0.1) is 0 Å². The molecule has 2 nitrogen and oxygen atoms in total. The van der Waals surface area contributed by atoms with Crippen LogP contribution < -0.4 is 4.74 Å². The van der Waals surface area contributed by atoms with E-state index in [1.54, 1.807) is 7.11 Å². The molecule has 0 aliphatic rings. The van der Waals surface area contributed by atoms with Gasteiger partial charge < -0.3 is 4.74 Å². The summed E-state index contributed by atoms with van der Waals surface area (Å²) in [5.74, 6) is 1.34. The van der Waals surface area contributed by atoms with Crippen molar-refractivity contribution in [3.8, 4) is 5.75 Å². The van der Waals surface area contributed by atoms with Gasteiger partial charge in [-0.1, -0.05) is 38.1 Å². The zero-order valence-corrected chi connectivity index (χ0v) is 11.6. The molecule has 0 aliphatic carbocycles. The van der Waals surface area contributed by atoms with Gasteiger partial charge in [0.15, 0.2) is 0 Å². The molecule has 1 aromatic carbocycles. The molecule has 0 N–H and O–H groups in total. The first kappa shape index (κ1) is 13.3. The highest BCUT2D eigenvalue weighted by atomic mass is 16.5. The quantitative estimate of drug-likeness (QED) is 0.815. The Hall–Kier alpha value is -2.09. The fourth-order valence-corrected chi connectivity index (χ4v) is 1.96. The highest BCUT2D eigenvalue weighted by molar-refractivity contribution is 5.78. The predicted octanol–water partition coefficient (Wildman–Crippen LogP) is 4.18. The maximum atomic E-state index is 5.20. The molecule has 19 heavy (non-hydrogen) atoms. The Labute approximate surface area is 114 Å². The monoisotopic (exact) mass is 253 g/mol. The number of rotatable bonds is 4. The molecule has 0 saturated carbocycles. The predicted molar refractivity (Wildman–Crippen MR) is 79.1 cm³/mol. The van der Waals surface area contributed by atoms with Crippen LogP contribution in [0.1, 0.15) is 25.1 Å². The molecule has 0 amide bonds. The van der Waals surface area contributed by atoms with Gasteiger partial charge in [0.1, 0.15) is 5.75 Å². The molecule has 0 radical (unpaired) electrons. The SMILES string of the molecule is COc1ccc(/C(=C\C(C)C)c2ccccn2)cc1. The van der Waals surface area contributed by atoms with Crippen molar-refractivity contribution in [2.45, 2.75) is 13.8 Å². The Kier molecular flexibility index (Phi) is 4.35. The Bertz CT molecular complexity index is 541. The summed E-state index contributed by atoms with van der Waals surface area (Å²) in [7, 11) is 1.68. The van der Waals surface area contributed by atoms with E-state index in [9.17, 15) is 0 Å². The summed E-state index contributed by atoms with van der Waals surface area (Å²) in [5.41, 5.74) is 3.33. The first-order chi connectivity index (χ1) is 9.20. The van der Waals surface area contributed by atoms with Crippen LogP contribution >= 0.6 is 0 Å². The largest absolute Gasteiger partial charge is 0.497 e. The van der Waals surface area contributed by atoms with Crippen LogP contribution in [-0.4, -0.2) is 12.1 Å². The van der Waals surface area contributed by atoms with Crippen LogP contribution in [-0.2, 0) is 0 Å². The third kappa shape index (κ3) is 3.44. The molecule has 1 heterocycles.